The molecule has 15 nitrogen and oxygen atoms in total. The molecule has 6 aliphatic heterocycles. The number of ether oxygens (including phenoxy) is 10. The lowest BCUT2D eigenvalue weighted by Crippen LogP contribution is -2.58. The Labute approximate surface area is 379 Å². The van der Waals surface area contributed by atoms with Gasteiger partial charge < -0.3 is 68.0 Å². The zero-order chi connectivity index (χ0) is 46.2. The molecule has 21 atom stereocenters. The van der Waals surface area contributed by atoms with Gasteiger partial charge in [0, 0.05) is 57.3 Å². The van der Waals surface area contributed by atoms with Crippen molar-refractivity contribution in [2.75, 3.05) is 21.3 Å². The van der Waals surface area contributed by atoms with E-state index < -0.39 is 84.9 Å². The fraction of sp³-hybridized carbons (Fsp3) is 0.776. The van der Waals surface area contributed by atoms with E-state index >= 15 is 0 Å². The molecule has 0 aromatic heterocycles. The summed E-state index contributed by atoms with van der Waals surface area (Å²) >= 11 is 0. The van der Waals surface area contributed by atoms with Crippen molar-refractivity contribution < 1.29 is 67.5 Å². The number of esters is 1. The summed E-state index contributed by atoms with van der Waals surface area (Å²) in [4.78, 5) is 14.4. The monoisotopic (exact) mass is 902 g/mol. The molecule has 0 aromatic carbocycles. The molecule has 0 radical (unpaired) electrons. The number of methoxy groups -OCH3 is 2. The highest BCUT2D eigenvalue weighted by Gasteiger charge is 2.63. The summed E-state index contributed by atoms with van der Waals surface area (Å²) in [6.45, 7) is 16.1. The molecule has 15 heteroatoms. The van der Waals surface area contributed by atoms with Crippen LogP contribution in [0.25, 0.3) is 0 Å². The molecule has 360 valence electrons. The predicted molar refractivity (Wildman–Crippen MR) is 235 cm³/mol. The molecule has 1 unspecified atom stereocenters. The Bertz CT molecular complexity index is 1780. The van der Waals surface area contributed by atoms with Gasteiger partial charge in [0.1, 0.15) is 35.9 Å². The number of nitrogens with one attached hydrogen (secondary N) is 1. The number of aliphatic hydroxyl groups is 3. The average molecular weight is 902 g/mol. The second kappa shape index (κ2) is 20.5. The lowest BCUT2D eigenvalue weighted by molar-refractivity contribution is -0.312. The first-order chi connectivity index (χ1) is 30.4. The molecule has 1 spiro atoms. The number of hydrogen-bond donors (Lipinski definition) is 4. The fourth-order valence-corrected chi connectivity index (χ4v) is 11.1. The first-order valence-electron chi connectivity index (χ1n) is 23.5. The lowest BCUT2D eigenvalue weighted by atomic mass is 9.70. The second-order valence-electron chi connectivity index (χ2n) is 19.4. The molecular formula is C49H75NO14. The van der Waals surface area contributed by atoms with Gasteiger partial charge in [0.15, 0.2) is 24.7 Å². The van der Waals surface area contributed by atoms with Gasteiger partial charge in [0.2, 0.25) is 0 Å². The van der Waals surface area contributed by atoms with Gasteiger partial charge in [-0.25, -0.2) is 0 Å². The Morgan fingerprint density at radius 2 is 1.59 bits per heavy atom. The van der Waals surface area contributed by atoms with E-state index in [1.165, 1.54) is 6.08 Å². The molecule has 0 saturated carbocycles. The number of carbonyl (C=O) groups excluding carboxylic acids is 1. The number of likely N-dealkylation sites (N-methyl/N-ethyl adjacent to an activating group) is 1. The second-order valence-corrected chi connectivity index (χ2v) is 19.4. The van der Waals surface area contributed by atoms with Crippen LogP contribution in [-0.2, 0) is 52.2 Å². The van der Waals surface area contributed by atoms with Crippen molar-refractivity contribution in [3.63, 3.8) is 0 Å². The quantitative estimate of drug-likeness (QED) is 0.181. The smallest absolute Gasteiger partial charge is 0.316 e. The molecule has 4 N–H and O–H groups in total. The van der Waals surface area contributed by atoms with E-state index in [4.69, 9.17) is 47.4 Å². The zero-order valence-corrected chi connectivity index (χ0v) is 39.6. The van der Waals surface area contributed by atoms with E-state index in [-0.39, 0.29) is 60.2 Å². The Hall–Kier alpha value is -2.35. The van der Waals surface area contributed by atoms with Crippen LogP contribution in [0.5, 0.6) is 0 Å². The van der Waals surface area contributed by atoms with Gasteiger partial charge in [-0.05, 0) is 64.3 Å². The van der Waals surface area contributed by atoms with Crippen LogP contribution >= 0.6 is 0 Å². The average Bonchev–Trinajstić information content (AvgIpc) is 3.53. The summed E-state index contributed by atoms with van der Waals surface area (Å²) in [6.07, 6.45) is 7.40. The van der Waals surface area contributed by atoms with E-state index in [1.807, 2.05) is 46.9 Å². The highest BCUT2D eigenvalue weighted by molar-refractivity contribution is 5.78. The minimum Gasteiger partial charge on any atom is -0.462 e. The standard InChI is InChI=1S/C49H75NO14/c1-12-25(2)43-28(5)18-19-48(64-43)24-33-21-32(63-48)17-16-27(4)42(26(3)14-13-15-34-46(52)62-45-41(51)29(6)20-35(47(53)59-33)49(34,45)54)60-39-23-37(56-11)44(31(8)58-39)61-38-22-36(55-10)40(50-9)30(7)57-38/h13-16,18-20,25-26,28,30-33,35-46,50-52,54H,12,17,21-24H2,1-11H3/b14-13+,27-16+,34-15?/t25-,26-,28-,30-,31-,32+,33-,35-,36-,37-,38-,39-,40+,41+,42-,43+,44-,45+,46?,48+,49+/m0/s1. The number of hydrogen-bond acceptors (Lipinski definition) is 15. The zero-order valence-electron chi connectivity index (χ0n) is 39.6. The topological polar surface area (TPSA) is 182 Å². The summed E-state index contributed by atoms with van der Waals surface area (Å²) in [5.41, 5.74) is -0.703. The Kier molecular flexibility index (Phi) is 15.9. The molecule has 0 aromatic rings. The molecule has 2 bridgehead atoms. The number of carbonyl (C=O) groups is 1. The van der Waals surface area contributed by atoms with Crippen molar-refractivity contribution in [3.05, 3.63) is 59.3 Å². The first-order valence-corrected chi connectivity index (χ1v) is 23.5. The van der Waals surface area contributed by atoms with Crippen LogP contribution in [0.15, 0.2) is 59.3 Å². The maximum Gasteiger partial charge on any atom is 0.316 e. The number of aliphatic hydroxyl groups excluding tert-OH is 2. The summed E-state index contributed by atoms with van der Waals surface area (Å²) < 4.78 is 64.2. The summed E-state index contributed by atoms with van der Waals surface area (Å²) in [6, 6.07) is 0.0304. The van der Waals surface area contributed by atoms with Crippen molar-refractivity contribution in [1.82, 2.24) is 5.32 Å². The van der Waals surface area contributed by atoms with Crippen molar-refractivity contribution in [1.29, 1.82) is 0 Å². The molecule has 7 aliphatic rings. The number of rotatable bonds is 9. The SMILES string of the molecule is CC[C@H](C)[C@H]1O[C@]2(C=C[C@@H]1C)C[C@@H]1C[C@@H](C/C=C(\C)[C@@H](O[C@H]3C[C@H](OC)[C@@H](O[C@H]4C[C@H](OC)[C@H](NC)[C@H](C)O4)[C@H](C)O3)[C@@H](C)/C=C/C=C3C(O)O[C@@H]4[C@H](O)C(C)=C[C@@H](C(=O)O1)[C@]34O)O2. The van der Waals surface area contributed by atoms with Crippen molar-refractivity contribution >= 4 is 5.97 Å². The third-order valence-corrected chi connectivity index (χ3v) is 14.9. The number of allylic oxidation sites excluding steroid dienone is 2. The fourth-order valence-electron chi connectivity index (χ4n) is 11.1. The predicted octanol–water partition coefficient (Wildman–Crippen LogP) is 4.92. The lowest BCUT2D eigenvalue weighted by Gasteiger charge is -2.48. The van der Waals surface area contributed by atoms with Gasteiger partial charge in [0.25, 0.3) is 0 Å². The van der Waals surface area contributed by atoms with Gasteiger partial charge in [-0.1, -0.05) is 70.6 Å². The van der Waals surface area contributed by atoms with Crippen LogP contribution < -0.4 is 5.32 Å². The molecule has 7 rings (SSSR count). The Morgan fingerprint density at radius 3 is 2.30 bits per heavy atom. The Balaban J connectivity index is 1.19. The van der Waals surface area contributed by atoms with Crippen molar-refractivity contribution in [2.24, 2.45) is 23.7 Å². The third-order valence-electron chi connectivity index (χ3n) is 14.9. The van der Waals surface area contributed by atoms with Gasteiger partial charge in [-0.3, -0.25) is 4.79 Å². The van der Waals surface area contributed by atoms with Crippen molar-refractivity contribution in [2.45, 2.75) is 197 Å². The van der Waals surface area contributed by atoms with Gasteiger partial charge >= 0.3 is 5.97 Å². The molecule has 0 amide bonds. The molecule has 1 aliphatic carbocycles. The highest BCUT2D eigenvalue weighted by atomic mass is 16.7. The van der Waals surface area contributed by atoms with Crippen LogP contribution in [-0.4, -0.2) is 146 Å². The van der Waals surface area contributed by atoms with Crippen molar-refractivity contribution in [3.8, 4) is 0 Å². The van der Waals surface area contributed by atoms with E-state index in [1.54, 1.807) is 33.3 Å². The minimum atomic E-state index is -2.11. The van der Waals surface area contributed by atoms with Crippen LogP contribution in [0, 0.1) is 23.7 Å². The summed E-state index contributed by atoms with van der Waals surface area (Å²) in [5, 5.41) is 38.3. The van der Waals surface area contributed by atoms with Crippen LogP contribution in [0.2, 0.25) is 0 Å². The molecule has 64 heavy (non-hydrogen) atoms. The number of fused-ring (bicyclic) bond motifs is 2. The molecular weight excluding hydrogens is 827 g/mol. The summed E-state index contributed by atoms with van der Waals surface area (Å²) in [7, 11) is 5.26. The first kappa shape index (κ1) is 49.6. The van der Waals surface area contributed by atoms with Crippen LogP contribution in [0.1, 0.15) is 93.9 Å². The van der Waals surface area contributed by atoms with Crippen LogP contribution in [0.4, 0.5) is 0 Å². The highest BCUT2D eigenvalue weighted by Crippen LogP contribution is 2.49. The normalized spacial score (nSPS) is 48.3. The van der Waals surface area contributed by atoms with Gasteiger partial charge in [0.05, 0.1) is 48.8 Å². The largest absolute Gasteiger partial charge is 0.462 e. The molecule has 6 heterocycles. The summed E-state index contributed by atoms with van der Waals surface area (Å²) in [5.74, 6) is -2.99. The minimum absolute atomic E-state index is 0.0304. The van der Waals surface area contributed by atoms with E-state index in [0.29, 0.717) is 31.3 Å². The van der Waals surface area contributed by atoms with E-state index in [9.17, 15) is 20.1 Å². The third kappa shape index (κ3) is 9.94. The van der Waals surface area contributed by atoms with E-state index in [2.05, 4.69) is 38.2 Å². The molecule has 4 fully saturated rings. The molecule has 4 saturated heterocycles. The van der Waals surface area contributed by atoms with Gasteiger partial charge in [-0.15, -0.1) is 0 Å². The Morgan fingerprint density at radius 1 is 0.891 bits per heavy atom. The maximum absolute atomic E-state index is 14.4. The van der Waals surface area contributed by atoms with Gasteiger partial charge in [-0.2, -0.15) is 0 Å². The maximum atomic E-state index is 14.4. The van der Waals surface area contributed by atoms with E-state index in [0.717, 1.165) is 12.0 Å². The van der Waals surface area contributed by atoms with Crippen LogP contribution in [0.3, 0.4) is 0 Å².